The predicted molar refractivity (Wildman–Crippen MR) is 207 cm³/mol. The van der Waals surface area contributed by atoms with Gasteiger partial charge < -0.3 is 19.9 Å². The Hall–Kier alpha value is -5.34. The molecule has 2 fully saturated rings. The van der Waals surface area contributed by atoms with Crippen LogP contribution >= 0.6 is 11.6 Å². The molecule has 1 aliphatic heterocycles. The highest BCUT2D eigenvalue weighted by Gasteiger charge is 2.58. The lowest BCUT2D eigenvalue weighted by molar-refractivity contribution is -0.152. The van der Waals surface area contributed by atoms with Crippen molar-refractivity contribution in [3.05, 3.63) is 87.8 Å². The summed E-state index contributed by atoms with van der Waals surface area (Å²) < 4.78 is 34.6. The minimum Gasteiger partial charge on any atom is -0.469 e. The number of halogens is 3. The van der Waals surface area contributed by atoms with E-state index in [0.717, 1.165) is 80.6 Å². The van der Waals surface area contributed by atoms with E-state index in [4.69, 9.17) is 21.3 Å². The van der Waals surface area contributed by atoms with Gasteiger partial charge in [-0.1, -0.05) is 35.9 Å². The second kappa shape index (κ2) is 14.6. The van der Waals surface area contributed by atoms with Crippen LogP contribution in [0.4, 0.5) is 26.0 Å². The fourth-order valence-electron chi connectivity index (χ4n) is 9.04. The van der Waals surface area contributed by atoms with Crippen molar-refractivity contribution >= 4 is 58.0 Å². The Balaban J connectivity index is 0.981. The summed E-state index contributed by atoms with van der Waals surface area (Å²) in [4.78, 5) is 57.0. The number of fused-ring (bicyclic) bond motifs is 4. The molecule has 2 aromatic carbocycles. The molecular formula is C41H41ClF2N8O4. The summed E-state index contributed by atoms with van der Waals surface area (Å²) in [6.45, 7) is 4.29. The number of imidazole rings is 1. The van der Waals surface area contributed by atoms with Crippen molar-refractivity contribution in [2.45, 2.75) is 64.8 Å². The highest BCUT2D eigenvalue weighted by atomic mass is 35.5. The maximum Gasteiger partial charge on any atom is 0.311 e. The first-order valence-electron chi connectivity index (χ1n) is 18.7. The minimum absolute atomic E-state index is 0.0541. The van der Waals surface area contributed by atoms with Crippen LogP contribution in [0.3, 0.4) is 0 Å². The molecule has 0 unspecified atom stereocenters. The lowest BCUT2D eigenvalue weighted by Gasteiger charge is -2.32. The number of aldehydes is 1. The summed E-state index contributed by atoms with van der Waals surface area (Å²) in [7, 11) is 3.35. The normalized spacial score (nSPS) is 20.3. The van der Waals surface area contributed by atoms with Gasteiger partial charge in [0.25, 0.3) is 12.3 Å². The van der Waals surface area contributed by atoms with E-state index in [2.05, 4.69) is 30.5 Å². The maximum atomic E-state index is 13.8. The first-order valence-corrected chi connectivity index (χ1v) is 19.0. The molecule has 12 nitrogen and oxygen atoms in total. The summed E-state index contributed by atoms with van der Waals surface area (Å²) in [5.41, 5.74) is 5.43. The number of benzene rings is 2. The number of carbonyl (C=O) groups is 3. The Kier molecular flexibility index (Phi) is 9.82. The molecule has 3 aliphatic rings. The Bertz CT molecular complexity index is 2390. The number of carbonyl (C=O) groups excluding carboxylic acids is 3. The van der Waals surface area contributed by atoms with E-state index in [-0.39, 0.29) is 45.1 Å². The van der Waals surface area contributed by atoms with E-state index in [1.807, 2.05) is 30.7 Å². The molecule has 0 spiro atoms. The molecule has 0 atom stereocenters. The lowest BCUT2D eigenvalue weighted by atomic mass is 9.80. The van der Waals surface area contributed by atoms with Crippen LogP contribution in [0, 0.1) is 17.8 Å². The Morgan fingerprint density at radius 1 is 1.05 bits per heavy atom. The quantitative estimate of drug-likeness (QED) is 0.0999. The summed E-state index contributed by atoms with van der Waals surface area (Å²) in [5, 5.41) is 6.42. The van der Waals surface area contributed by atoms with Gasteiger partial charge in [-0.2, -0.15) is 0 Å². The van der Waals surface area contributed by atoms with E-state index < -0.39 is 12.2 Å². The van der Waals surface area contributed by atoms with Gasteiger partial charge in [-0.15, -0.1) is 0 Å². The Morgan fingerprint density at radius 2 is 1.80 bits per heavy atom. The van der Waals surface area contributed by atoms with E-state index in [1.165, 1.54) is 19.4 Å². The molecule has 15 heteroatoms. The zero-order valence-electron chi connectivity index (χ0n) is 31.3. The second-order valence-corrected chi connectivity index (χ2v) is 15.7. The number of esters is 1. The minimum atomic E-state index is -2.94. The van der Waals surface area contributed by atoms with Crippen molar-refractivity contribution in [1.82, 2.24) is 29.4 Å². The molecule has 2 saturated carbocycles. The van der Waals surface area contributed by atoms with Gasteiger partial charge in [-0.25, -0.2) is 28.7 Å². The van der Waals surface area contributed by atoms with Crippen molar-refractivity contribution in [1.29, 1.82) is 0 Å². The third-order valence-electron chi connectivity index (χ3n) is 12.1. The topological polar surface area (TPSA) is 144 Å². The van der Waals surface area contributed by atoms with E-state index in [1.54, 1.807) is 24.3 Å². The van der Waals surface area contributed by atoms with Crippen LogP contribution in [-0.4, -0.2) is 67.8 Å². The highest BCUT2D eigenvalue weighted by Crippen LogP contribution is 2.63. The SMILES string of the molecule is COC(=O)C12CCC(CCN3CCc4c(nc(C(=O)Nc5cccc(-c6cccc(Nc7nc(C(F)F)nc8cc(C=O)cnc78)c6C)c5Cl)n4C)C3)(CC1)C2. The van der Waals surface area contributed by atoms with Gasteiger partial charge in [-0.3, -0.25) is 19.3 Å². The number of ether oxygens (including phenoxy) is 1. The number of alkyl halides is 2. The standard InChI is InChI=1S/C41H41ClF2N8O4/c1-23-25(6-4-8-27(23)46-35-33-29(18-24(21-53)19-45-33)47-36(50-35)34(43)44)26-7-5-9-28(32(26)42)49-38(54)37-48-30-20-52(16-10-31(30)51(37)2)17-15-40-11-13-41(22-40,14-12-40)39(55)56-3/h4-9,18-19,21,34H,10-17,20,22H2,1-3H3,(H,49,54)(H,46,47,50). The molecular weight excluding hydrogens is 742 g/mol. The molecule has 8 rings (SSSR count). The van der Waals surface area contributed by atoms with E-state index in [9.17, 15) is 23.2 Å². The molecule has 2 aliphatic carbocycles. The Morgan fingerprint density at radius 3 is 2.54 bits per heavy atom. The number of pyridine rings is 1. The number of anilines is 3. The van der Waals surface area contributed by atoms with Crippen molar-refractivity contribution in [3.63, 3.8) is 0 Å². The third kappa shape index (κ3) is 6.68. The molecule has 4 heterocycles. The Labute approximate surface area is 327 Å². The van der Waals surface area contributed by atoms with E-state index in [0.29, 0.717) is 40.6 Å². The number of amides is 1. The fraction of sp³-hybridized carbons (Fsp3) is 0.390. The number of hydrogen-bond donors (Lipinski definition) is 2. The first kappa shape index (κ1) is 37.6. The average Bonchev–Trinajstić information content (AvgIpc) is 3.88. The number of hydrogen-bond acceptors (Lipinski definition) is 10. The van der Waals surface area contributed by atoms with Gasteiger partial charge in [-0.05, 0) is 86.7 Å². The number of rotatable bonds is 11. The first-order chi connectivity index (χ1) is 26.9. The lowest BCUT2D eigenvalue weighted by Crippen LogP contribution is -2.34. The molecule has 0 radical (unpaired) electrons. The van der Waals surface area contributed by atoms with Gasteiger partial charge in [0.1, 0.15) is 5.52 Å². The largest absolute Gasteiger partial charge is 0.469 e. The number of nitrogens with one attached hydrogen (secondary N) is 2. The molecule has 3 aromatic heterocycles. The van der Waals surface area contributed by atoms with Gasteiger partial charge in [0, 0.05) is 55.3 Å². The highest BCUT2D eigenvalue weighted by molar-refractivity contribution is 6.36. The van der Waals surface area contributed by atoms with Crippen LogP contribution in [0.2, 0.25) is 5.02 Å². The zero-order valence-corrected chi connectivity index (χ0v) is 32.1. The van der Waals surface area contributed by atoms with E-state index >= 15 is 0 Å². The van der Waals surface area contributed by atoms with Crippen molar-refractivity contribution in [2.24, 2.45) is 17.9 Å². The van der Waals surface area contributed by atoms with Crippen LogP contribution < -0.4 is 10.6 Å². The third-order valence-corrected chi connectivity index (χ3v) is 12.5. The molecule has 2 N–H and O–H groups in total. The van der Waals surface area contributed by atoms with Crippen molar-refractivity contribution < 1.29 is 27.9 Å². The summed E-state index contributed by atoms with van der Waals surface area (Å²) in [6, 6.07) is 12.2. The van der Waals surface area contributed by atoms with Crippen molar-refractivity contribution in [3.8, 4) is 11.1 Å². The maximum absolute atomic E-state index is 13.8. The zero-order chi connectivity index (χ0) is 39.4. The van der Waals surface area contributed by atoms with Crippen LogP contribution in [0.15, 0.2) is 48.7 Å². The molecule has 1 amide bonds. The van der Waals surface area contributed by atoms with Crippen LogP contribution in [0.25, 0.3) is 22.2 Å². The second-order valence-electron chi connectivity index (χ2n) is 15.3. The molecule has 5 aromatic rings. The average molecular weight is 783 g/mol. The van der Waals surface area contributed by atoms with Gasteiger partial charge in [0.05, 0.1) is 34.4 Å². The van der Waals surface area contributed by atoms with Crippen molar-refractivity contribution in [2.75, 3.05) is 30.8 Å². The molecule has 290 valence electrons. The summed E-state index contributed by atoms with van der Waals surface area (Å²) >= 11 is 6.99. The van der Waals surface area contributed by atoms with Crippen LogP contribution in [0.5, 0.6) is 0 Å². The molecule has 56 heavy (non-hydrogen) atoms. The summed E-state index contributed by atoms with van der Waals surface area (Å²) in [6.07, 6.45) is 5.63. The van der Waals surface area contributed by atoms with Gasteiger partial charge in [0.15, 0.2) is 23.8 Å². The molecule has 0 saturated heterocycles. The number of methoxy groups -OCH3 is 1. The summed E-state index contributed by atoms with van der Waals surface area (Å²) in [5.74, 6) is -0.780. The monoisotopic (exact) mass is 782 g/mol. The smallest absolute Gasteiger partial charge is 0.311 e. The number of nitrogens with zero attached hydrogens (tertiary/aromatic N) is 6. The van der Waals surface area contributed by atoms with Crippen LogP contribution in [0.1, 0.15) is 88.7 Å². The van der Waals surface area contributed by atoms with Gasteiger partial charge in [0.2, 0.25) is 0 Å². The predicted octanol–water partition coefficient (Wildman–Crippen LogP) is 8.00. The van der Waals surface area contributed by atoms with Gasteiger partial charge >= 0.3 is 5.97 Å². The van der Waals surface area contributed by atoms with Crippen LogP contribution in [-0.2, 0) is 29.5 Å². The molecule has 2 bridgehead atoms. The number of aromatic nitrogens is 5. The fourth-order valence-corrected chi connectivity index (χ4v) is 9.31.